The second kappa shape index (κ2) is 4.38. The number of rotatable bonds is 4. The average molecular weight is 183 g/mol. The molecule has 0 aliphatic heterocycles. The molecule has 0 saturated heterocycles. The topological polar surface area (TPSA) is 29.1 Å². The molecule has 1 aromatic rings. The van der Waals surface area contributed by atoms with Gasteiger partial charge in [-0.15, -0.1) is 11.3 Å². The third kappa shape index (κ3) is 2.16. The molecule has 0 saturated carbocycles. The summed E-state index contributed by atoms with van der Waals surface area (Å²) in [6, 6.07) is 3.70. The van der Waals surface area contributed by atoms with Crippen molar-refractivity contribution in [2.45, 2.75) is 19.9 Å². The summed E-state index contributed by atoms with van der Waals surface area (Å²) in [4.78, 5) is 12.4. The molecule has 2 nitrogen and oxygen atoms in total. The monoisotopic (exact) mass is 183 g/mol. The van der Waals surface area contributed by atoms with E-state index in [1.54, 1.807) is 0 Å². The minimum absolute atomic E-state index is 0.0614. The van der Waals surface area contributed by atoms with Gasteiger partial charge in [-0.1, -0.05) is 13.0 Å². The molecular formula is C9H13NOS. The van der Waals surface area contributed by atoms with E-state index < -0.39 is 0 Å². The normalized spacial score (nSPS) is 12.8. The van der Waals surface area contributed by atoms with Gasteiger partial charge in [0.1, 0.15) is 0 Å². The smallest absolute Gasteiger partial charge is 0.189 e. The number of carbonyl (C=O) groups is 1. The number of nitrogens with one attached hydrogen (secondary N) is 1. The summed E-state index contributed by atoms with van der Waals surface area (Å²) in [6.45, 7) is 4.72. The molecule has 0 fully saturated rings. The maximum absolute atomic E-state index is 11.5. The van der Waals surface area contributed by atoms with Crippen molar-refractivity contribution in [1.29, 1.82) is 0 Å². The van der Waals surface area contributed by atoms with Gasteiger partial charge in [-0.25, -0.2) is 0 Å². The highest BCUT2D eigenvalue weighted by Crippen LogP contribution is 2.10. The van der Waals surface area contributed by atoms with E-state index >= 15 is 0 Å². The Kier molecular flexibility index (Phi) is 3.44. The van der Waals surface area contributed by atoms with Gasteiger partial charge in [0.2, 0.25) is 0 Å². The Balaban J connectivity index is 2.59. The van der Waals surface area contributed by atoms with E-state index in [0.717, 1.165) is 11.4 Å². The highest BCUT2D eigenvalue weighted by molar-refractivity contribution is 7.12. The molecule has 0 amide bonds. The van der Waals surface area contributed by atoms with E-state index in [2.05, 4.69) is 5.32 Å². The van der Waals surface area contributed by atoms with Gasteiger partial charge in [0.15, 0.2) is 5.78 Å². The zero-order chi connectivity index (χ0) is 8.97. The van der Waals surface area contributed by atoms with Crippen molar-refractivity contribution in [2.24, 2.45) is 0 Å². The molecule has 0 aromatic carbocycles. The fraction of sp³-hybridized carbons (Fsp3) is 0.444. The summed E-state index contributed by atoms with van der Waals surface area (Å²) in [6.07, 6.45) is 0. The van der Waals surface area contributed by atoms with Crippen LogP contribution in [0.15, 0.2) is 17.5 Å². The molecule has 1 N–H and O–H groups in total. The quantitative estimate of drug-likeness (QED) is 0.723. The van der Waals surface area contributed by atoms with E-state index in [0.29, 0.717) is 0 Å². The van der Waals surface area contributed by atoms with E-state index in [4.69, 9.17) is 0 Å². The SMILES string of the molecule is CCNC(C)C(=O)c1cccs1. The van der Waals surface area contributed by atoms with Crippen molar-refractivity contribution in [3.05, 3.63) is 22.4 Å². The van der Waals surface area contributed by atoms with Crippen molar-refractivity contribution in [3.63, 3.8) is 0 Å². The second-order valence-corrected chi connectivity index (χ2v) is 3.57. The Morgan fingerprint density at radius 3 is 3.00 bits per heavy atom. The maximum atomic E-state index is 11.5. The Hall–Kier alpha value is -0.670. The van der Waals surface area contributed by atoms with Gasteiger partial charge in [-0.3, -0.25) is 4.79 Å². The maximum Gasteiger partial charge on any atom is 0.189 e. The Labute approximate surface area is 76.6 Å². The molecule has 0 aliphatic carbocycles. The second-order valence-electron chi connectivity index (χ2n) is 2.62. The largest absolute Gasteiger partial charge is 0.308 e. The van der Waals surface area contributed by atoms with Crippen LogP contribution in [0.3, 0.4) is 0 Å². The van der Waals surface area contributed by atoms with Crippen LogP contribution in [0.5, 0.6) is 0 Å². The first-order chi connectivity index (χ1) is 5.75. The van der Waals surface area contributed by atoms with Gasteiger partial charge in [0, 0.05) is 0 Å². The molecule has 1 aromatic heterocycles. The third-order valence-corrected chi connectivity index (χ3v) is 2.55. The molecule has 66 valence electrons. The van der Waals surface area contributed by atoms with Crippen LogP contribution in [0.2, 0.25) is 0 Å². The average Bonchev–Trinajstić information content (AvgIpc) is 2.55. The van der Waals surface area contributed by atoms with Crippen molar-refractivity contribution in [3.8, 4) is 0 Å². The Morgan fingerprint density at radius 1 is 1.75 bits per heavy atom. The van der Waals surface area contributed by atoms with Crippen LogP contribution < -0.4 is 5.32 Å². The zero-order valence-corrected chi connectivity index (χ0v) is 8.15. The van der Waals surface area contributed by atoms with Gasteiger partial charge < -0.3 is 5.32 Å². The summed E-state index contributed by atoms with van der Waals surface area (Å²) in [5.74, 6) is 0.187. The number of hydrogen-bond donors (Lipinski definition) is 1. The van der Waals surface area contributed by atoms with E-state index in [1.165, 1.54) is 11.3 Å². The number of hydrogen-bond acceptors (Lipinski definition) is 3. The van der Waals surface area contributed by atoms with Crippen LogP contribution in [0.4, 0.5) is 0 Å². The van der Waals surface area contributed by atoms with Crippen LogP contribution in [0.25, 0.3) is 0 Å². The minimum Gasteiger partial charge on any atom is -0.308 e. The van der Waals surface area contributed by atoms with Crippen LogP contribution in [-0.2, 0) is 0 Å². The summed E-state index contributed by atoms with van der Waals surface area (Å²) in [7, 11) is 0. The molecule has 0 bridgehead atoms. The Bertz CT molecular complexity index is 243. The molecule has 1 heterocycles. The lowest BCUT2D eigenvalue weighted by Crippen LogP contribution is -2.33. The standard InChI is InChI=1S/C9H13NOS/c1-3-10-7(2)9(11)8-5-4-6-12-8/h4-7,10H,3H2,1-2H3. The fourth-order valence-corrected chi connectivity index (χ4v) is 1.78. The van der Waals surface area contributed by atoms with Crippen molar-refractivity contribution < 1.29 is 4.79 Å². The third-order valence-electron chi connectivity index (χ3n) is 1.67. The van der Waals surface area contributed by atoms with Crippen molar-refractivity contribution in [2.75, 3.05) is 6.54 Å². The first-order valence-corrected chi connectivity index (χ1v) is 4.94. The predicted octanol–water partition coefficient (Wildman–Crippen LogP) is 1.93. The van der Waals surface area contributed by atoms with Crippen molar-refractivity contribution in [1.82, 2.24) is 5.32 Å². The van der Waals surface area contributed by atoms with Crippen LogP contribution in [0, 0.1) is 0 Å². The molecule has 1 rings (SSSR count). The number of Topliss-reactive ketones (excluding diaryl/α,β-unsaturated/α-hetero) is 1. The molecule has 0 radical (unpaired) electrons. The van der Waals surface area contributed by atoms with Crippen LogP contribution in [0.1, 0.15) is 23.5 Å². The molecule has 12 heavy (non-hydrogen) atoms. The van der Waals surface area contributed by atoms with E-state index in [9.17, 15) is 4.79 Å². The summed E-state index contributed by atoms with van der Waals surface area (Å²) in [5.41, 5.74) is 0. The number of thiophene rings is 1. The predicted molar refractivity (Wildman–Crippen MR) is 51.8 cm³/mol. The lowest BCUT2D eigenvalue weighted by molar-refractivity contribution is 0.0956. The molecule has 0 spiro atoms. The van der Waals surface area contributed by atoms with Gasteiger partial charge in [0.05, 0.1) is 10.9 Å². The molecule has 3 heteroatoms. The lowest BCUT2D eigenvalue weighted by Gasteiger charge is -2.08. The molecule has 1 atom stereocenters. The lowest BCUT2D eigenvalue weighted by atomic mass is 10.2. The van der Waals surface area contributed by atoms with Gasteiger partial charge in [0.25, 0.3) is 0 Å². The summed E-state index contributed by atoms with van der Waals surface area (Å²) in [5, 5.41) is 5.01. The van der Waals surface area contributed by atoms with Gasteiger partial charge >= 0.3 is 0 Å². The van der Waals surface area contributed by atoms with E-state index in [-0.39, 0.29) is 11.8 Å². The summed E-state index contributed by atoms with van der Waals surface area (Å²) >= 11 is 1.50. The van der Waals surface area contributed by atoms with Crippen molar-refractivity contribution >= 4 is 17.1 Å². The molecule has 0 aliphatic rings. The fourth-order valence-electron chi connectivity index (χ4n) is 1.03. The minimum atomic E-state index is -0.0614. The van der Waals surface area contributed by atoms with Crippen LogP contribution in [-0.4, -0.2) is 18.4 Å². The highest BCUT2D eigenvalue weighted by atomic mass is 32.1. The van der Waals surface area contributed by atoms with Gasteiger partial charge in [-0.2, -0.15) is 0 Å². The first-order valence-electron chi connectivity index (χ1n) is 4.06. The number of carbonyl (C=O) groups excluding carboxylic acids is 1. The van der Waals surface area contributed by atoms with E-state index in [1.807, 2.05) is 31.4 Å². The molecule has 1 unspecified atom stereocenters. The molecular weight excluding hydrogens is 170 g/mol. The summed E-state index contributed by atoms with van der Waals surface area (Å²) < 4.78 is 0. The van der Waals surface area contributed by atoms with Crippen LogP contribution >= 0.6 is 11.3 Å². The Morgan fingerprint density at radius 2 is 2.50 bits per heavy atom. The number of likely N-dealkylation sites (N-methyl/N-ethyl adjacent to an activating group) is 1. The zero-order valence-electron chi connectivity index (χ0n) is 7.33. The number of ketones is 1. The van der Waals surface area contributed by atoms with Gasteiger partial charge in [-0.05, 0) is 24.9 Å². The highest BCUT2D eigenvalue weighted by Gasteiger charge is 2.13. The first kappa shape index (κ1) is 9.42.